The van der Waals surface area contributed by atoms with E-state index < -0.39 is 10.0 Å². The van der Waals surface area contributed by atoms with Crippen LogP contribution in [0.15, 0.2) is 53.4 Å². The van der Waals surface area contributed by atoms with Gasteiger partial charge in [-0.2, -0.15) is 9.40 Å². The van der Waals surface area contributed by atoms with Crippen LogP contribution in [0.1, 0.15) is 33.6 Å². The van der Waals surface area contributed by atoms with Crippen LogP contribution in [0.4, 0.5) is 0 Å². The van der Waals surface area contributed by atoms with Crippen molar-refractivity contribution < 1.29 is 13.2 Å². The highest BCUT2D eigenvalue weighted by atomic mass is 32.2. The molecule has 1 aliphatic heterocycles. The predicted molar refractivity (Wildman–Crippen MR) is 115 cm³/mol. The summed E-state index contributed by atoms with van der Waals surface area (Å²) in [5, 5.41) is 4.61. The zero-order chi connectivity index (χ0) is 21.3. The number of hydrogen-bond donors (Lipinski definition) is 0. The van der Waals surface area contributed by atoms with E-state index in [0.29, 0.717) is 37.6 Å². The third kappa shape index (κ3) is 4.05. The lowest BCUT2D eigenvalue weighted by molar-refractivity contribution is 0.103. The molecule has 0 aliphatic carbocycles. The highest BCUT2D eigenvalue weighted by molar-refractivity contribution is 7.89. The van der Waals surface area contributed by atoms with Crippen LogP contribution in [-0.4, -0.2) is 29.0 Å². The van der Waals surface area contributed by atoms with Crippen LogP contribution < -0.4 is 0 Å². The average Bonchev–Trinajstić information content (AvgIpc) is 3.05. The van der Waals surface area contributed by atoms with E-state index in [-0.39, 0.29) is 0 Å². The summed E-state index contributed by atoms with van der Waals surface area (Å²) in [5.74, 6) is 0. The van der Waals surface area contributed by atoms with Gasteiger partial charge in [-0.15, -0.1) is 0 Å². The van der Waals surface area contributed by atoms with Crippen molar-refractivity contribution in [3.63, 3.8) is 0 Å². The smallest absolute Gasteiger partial charge is 0.243 e. The number of rotatable bonds is 6. The van der Waals surface area contributed by atoms with Crippen LogP contribution in [0.25, 0.3) is 0 Å². The molecule has 30 heavy (non-hydrogen) atoms. The predicted octanol–water partition coefficient (Wildman–Crippen LogP) is 3.50. The molecule has 0 N–H and O–H groups in total. The molecule has 2 heterocycles. The van der Waals surface area contributed by atoms with Crippen molar-refractivity contribution >= 4 is 10.0 Å². The highest BCUT2D eigenvalue weighted by Crippen LogP contribution is 2.29. The minimum Gasteiger partial charge on any atom is -0.370 e. The second-order valence-electron chi connectivity index (χ2n) is 7.83. The van der Waals surface area contributed by atoms with E-state index in [1.54, 1.807) is 10.4 Å². The Labute approximate surface area is 178 Å². The van der Waals surface area contributed by atoms with Crippen molar-refractivity contribution in [3.8, 4) is 0 Å². The molecule has 4 rings (SSSR count). The van der Waals surface area contributed by atoms with Crippen molar-refractivity contribution in [2.24, 2.45) is 7.05 Å². The van der Waals surface area contributed by atoms with Crippen molar-refractivity contribution in [3.05, 3.63) is 82.2 Å². The topological polar surface area (TPSA) is 64.4 Å². The van der Waals surface area contributed by atoms with Gasteiger partial charge in [0.15, 0.2) is 0 Å². The van der Waals surface area contributed by atoms with E-state index in [9.17, 15) is 8.42 Å². The van der Waals surface area contributed by atoms with E-state index in [1.165, 1.54) is 0 Å². The van der Waals surface area contributed by atoms with Crippen molar-refractivity contribution in [2.75, 3.05) is 6.54 Å². The maximum atomic E-state index is 13.4. The minimum atomic E-state index is -3.57. The molecule has 0 saturated heterocycles. The Morgan fingerprint density at radius 3 is 2.60 bits per heavy atom. The van der Waals surface area contributed by atoms with E-state index in [1.807, 2.05) is 68.0 Å². The maximum absolute atomic E-state index is 13.4. The number of aromatic nitrogens is 2. The molecule has 0 saturated carbocycles. The number of sulfonamides is 1. The van der Waals surface area contributed by atoms with Crippen LogP contribution in [-0.2, 0) is 48.0 Å². The third-order valence-electron chi connectivity index (χ3n) is 5.60. The highest BCUT2D eigenvalue weighted by Gasteiger charge is 2.32. The first kappa shape index (κ1) is 20.8. The zero-order valence-electron chi connectivity index (χ0n) is 17.6. The van der Waals surface area contributed by atoms with Gasteiger partial charge in [0, 0.05) is 37.8 Å². The minimum absolute atomic E-state index is 0.322. The molecule has 0 spiro atoms. The number of nitrogens with zero attached hydrogens (tertiary/aromatic N) is 3. The van der Waals surface area contributed by atoms with Gasteiger partial charge in [0.05, 0.1) is 23.8 Å². The van der Waals surface area contributed by atoms with Crippen molar-refractivity contribution in [1.29, 1.82) is 0 Å². The standard InChI is InChI=1S/C23H27N3O3S/c1-17-9-10-18(2)23(13-17)30(27,28)26-12-11-22-20(14-26)21(24-25(22)3)16-29-15-19-7-5-4-6-8-19/h4-10,13H,11-12,14-16H2,1-3H3. The SMILES string of the molecule is Cc1ccc(C)c(S(=O)(=O)N2CCc3c(c(COCc4ccccc4)nn3C)C2)c1. The molecule has 1 aromatic heterocycles. The lowest BCUT2D eigenvalue weighted by atomic mass is 10.1. The number of aryl methyl sites for hydroxylation is 3. The van der Waals surface area contributed by atoms with Crippen LogP contribution in [0.3, 0.4) is 0 Å². The third-order valence-corrected chi connectivity index (χ3v) is 7.59. The monoisotopic (exact) mass is 425 g/mol. The molecule has 1 aliphatic rings. The Balaban J connectivity index is 1.55. The van der Waals surface area contributed by atoms with Gasteiger partial charge < -0.3 is 4.74 Å². The van der Waals surface area contributed by atoms with Crippen molar-refractivity contribution in [2.45, 2.75) is 44.9 Å². The van der Waals surface area contributed by atoms with Crippen LogP contribution >= 0.6 is 0 Å². The number of benzene rings is 2. The number of fused-ring (bicyclic) bond motifs is 1. The largest absolute Gasteiger partial charge is 0.370 e. The molecule has 158 valence electrons. The molecule has 0 radical (unpaired) electrons. The summed E-state index contributed by atoms with van der Waals surface area (Å²) in [5.41, 5.74) is 5.66. The first-order valence-corrected chi connectivity index (χ1v) is 11.5. The summed E-state index contributed by atoms with van der Waals surface area (Å²) in [7, 11) is -1.66. The molecule has 0 unspecified atom stereocenters. The fraction of sp³-hybridized carbons (Fsp3) is 0.348. The summed E-state index contributed by atoms with van der Waals surface area (Å²) in [6.07, 6.45) is 0.640. The quantitative estimate of drug-likeness (QED) is 0.606. The molecule has 0 atom stereocenters. The Bertz CT molecular complexity index is 1150. The van der Waals surface area contributed by atoms with E-state index in [0.717, 1.165) is 33.6 Å². The summed E-state index contributed by atoms with van der Waals surface area (Å²) >= 11 is 0. The molecule has 0 fully saturated rings. The van der Waals surface area contributed by atoms with Gasteiger partial charge >= 0.3 is 0 Å². The second-order valence-corrected chi connectivity index (χ2v) is 9.74. The van der Waals surface area contributed by atoms with E-state index in [2.05, 4.69) is 5.10 Å². The van der Waals surface area contributed by atoms with Gasteiger partial charge in [0.2, 0.25) is 10.0 Å². The van der Waals surface area contributed by atoms with Gasteiger partial charge in [0.25, 0.3) is 0 Å². The van der Waals surface area contributed by atoms with Crippen LogP contribution in [0, 0.1) is 13.8 Å². The van der Waals surface area contributed by atoms with E-state index in [4.69, 9.17) is 4.74 Å². The molecule has 0 bridgehead atoms. The summed E-state index contributed by atoms with van der Waals surface area (Å²) in [6.45, 7) is 5.38. The molecule has 6 nitrogen and oxygen atoms in total. The summed E-state index contributed by atoms with van der Waals surface area (Å²) in [4.78, 5) is 0.386. The van der Waals surface area contributed by atoms with Gasteiger partial charge in [0.1, 0.15) is 0 Å². The summed E-state index contributed by atoms with van der Waals surface area (Å²) < 4.78 is 36.0. The van der Waals surface area contributed by atoms with Crippen molar-refractivity contribution in [1.82, 2.24) is 14.1 Å². The fourth-order valence-corrected chi connectivity index (χ4v) is 5.65. The zero-order valence-corrected chi connectivity index (χ0v) is 18.4. The Hall–Kier alpha value is -2.48. The average molecular weight is 426 g/mol. The fourth-order valence-electron chi connectivity index (χ4n) is 3.93. The number of ether oxygens (including phenoxy) is 1. The Morgan fingerprint density at radius 1 is 1.07 bits per heavy atom. The maximum Gasteiger partial charge on any atom is 0.243 e. The molecule has 3 aromatic rings. The first-order valence-electron chi connectivity index (χ1n) is 10.1. The molecular weight excluding hydrogens is 398 g/mol. The van der Waals surface area contributed by atoms with E-state index >= 15 is 0 Å². The molecule has 2 aromatic carbocycles. The van der Waals surface area contributed by atoms with Gasteiger partial charge in [-0.05, 0) is 36.6 Å². The molecular formula is C23H27N3O3S. The summed E-state index contributed by atoms with van der Waals surface area (Å²) in [6, 6.07) is 15.5. The van der Waals surface area contributed by atoms with Gasteiger partial charge in [-0.3, -0.25) is 4.68 Å². The molecule has 7 heteroatoms. The second kappa shape index (κ2) is 8.34. The molecule has 0 amide bonds. The van der Waals surface area contributed by atoms with Crippen LogP contribution in [0.5, 0.6) is 0 Å². The Morgan fingerprint density at radius 2 is 1.83 bits per heavy atom. The lowest BCUT2D eigenvalue weighted by Crippen LogP contribution is -2.36. The lowest BCUT2D eigenvalue weighted by Gasteiger charge is -2.27. The number of hydrogen-bond acceptors (Lipinski definition) is 4. The normalized spacial score (nSPS) is 14.6. The Kier molecular flexibility index (Phi) is 5.77. The van der Waals surface area contributed by atoms with Gasteiger partial charge in [-0.1, -0.05) is 42.5 Å². The van der Waals surface area contributed by atoms with Gasteiger partial charge in [-0.25, -0.2) is 8.42 Å². The van der Waals surface area contributed by atoms with Crippen LogP contribution in [0.2, 0.25) is 0 Å². The first-order chi connectivity index (χ1) is 14.4.